The lowest BCUT2D eigenvalue weighted by molar-refractivity contribution is 0.0695. The monoisotopic (exact) mass is 256 g/mol. The fourth-order valence-electron chi connectivity index (χ4n) is 1.88. The second-order valence-corrected chi connectivity index (χ2v) is 4.14. The van der Waals surface area contributed by atoms with E-state index in [4.69, 9.17) is 10.2 Å². The minimum atomic E-state index is -1.13. The van der Waals surface area contributed by atoms with Crippen molar-refractivity contribution in [2.45, 2.75) is 6.42 Å². The Balaban J connectivity index is 2.40. The smallest absolute Gasteiger partial charge is 0.336 e. The van der Waals surface area contributed by atoms with Crippen molar-refractivity contribution in [3.8, 4) is 0 Å². The highest BCUT2D eigenvalue weighted by molar-refractivity contribution is 5.94. The molecule has 19 heavy (non-hydrogen) atoms. The van der Waals surface area contributed by atoms with Crippen LogP contribution in [-0.4, -0.2) is 22.2 Å². The van der Waals surface area contributed by atoms with Crippen molar-refractivity contribution in [3.05, 3.63) is 70.8 Å². The fraction of sp³-hybridized carbons (Fsp3) is 0.0667. The molecule has 2 rings (SSSR count). The number of benzene rings is 2. The minimum absolute atomic E-state index is 0.0192. The van der Waals surface area contributed by atoms with Crippen molar-refractivity contribution in [3.63, 3.8) is 0 Å². The van der Waals surface area contributed by atoms with Gasteiger partial charge in [0.2, 0.25) is 0 Å². The minimum Gasteiger partial charge on any atom is -0.478 e. The second-order valence-electron chi connectivity index (χ2n) is 4.14. The zero-order valence-corrected chi connectivity index (χ0v) is 10.0. The normalized spacial score (nSPS) is 10.1. The number of hydrogen-bond donors (Lipinski definition) is 2. The highest BCUT2D eigenvalue weighted by Gasteiger charge is 2.14. The van der Waals surface area contributed by atoms with Gasteiger partial charge in [0.25, 0.3) is 0 Å². The summed E-state index contributed by atoms with van der Waals surface area (Å²) in [6, 6.07) is 13.6. The third-order valence-electron chi connectivity index (χ3n) is 2.82. The van der Waals surface area contributed by atoms with E-state index in [1.165, 1.54) is 12.1 Å². The van der Waals surface area contributed by atoms with Crippen LogP contribution >= 0.6 is 0 Å². The molecule has 0 saturated heterocycles. The lowest BCUT2D eigenvalue weighted by atomic mass is 9.98. The Bertz CT molecular complexity index is 617. The first-order valence-corrected chi connectivity index (χ1v) is 5.71. The molecule has 0 unspecified atom stereocenters. The van der Waals surface area contributed by atoms with Gasteiger partial charge in [-0.25, -0.2) is 9.59 Å². The summed E-state index contributed by atoms with van der Waals surface area (Å²) >= 11 is 0. The van der Waals surface area contributed by atoms with E-state index in [2.05, 4.69) is 0 Å². The third kappa shape index (κ3) is 2.98. The largest absolute Gasteiger partial charge is 0.478 e. The third-order valence-corrected chi connectivity index (χ3v) is 2.82. The Morgan fingerprint density at radius 2 is 1.58 bits per heavy atom. The van der Waals surface area contributed by atoms with E-state index in [9.17, 15) is 9.59 Å². The average molecular weight is 256 g/mol. The summed E-state index contributed by atoms with van der Waals surface area (Å²) in [5, 5.41) is 18.0. The number of aromatic carboxylic acids is 2. The molecule has 2 aromatic rings. The number of hydrogen-bond acceptors (Lipinski definition) is 2. The molecule has 0 aliphatic carbocycles. The molecule has 96 valence electrons. The van der Waals surface area contributed by atoms with E-state index >= 15 is 0 Å². The van der Waals surface area contributed by atoms with Gasteiger partial charge < -0.3 is 10.2 Å². The highest BCUT2D eigenvalue weighted by Crippen LogP contribution is 2.17. The first-order valence-electron chi connectivity index (χ1n) is 5.71. The summed E-state index contributed by atoms with van der Waals surface area (Å²) < 4.78 is 0. The van der Waals surface area contributed by atoms with Crippen molar-refractivity contribution in [2.24, 2.45) is 0 Å². The van der Waals surface area contributed by atoms with Gasteiger partial charge in [-0.3, -0.25) is 0 Å². The average Bonchev–Trinajstić information content (AvgIpc) is 2.39. The van der Waals surface area contributed by atoms with Crippen LogP contribution in [0.25, 0.3) is 0 Å². The molecule has 0 aliphatic heterocycles. The molecule has 4 nitrogen and oxygen atoms in total. The van der Waals surface area contributed by atoms with Crippen LogP contribution < -0.4 is 0 Å². The van der Waals surface area contributed by atoms with Gasteiger partial charge in [0, 0.05) is 0 Å². The highest BCUT2D eigenvalue weighted by atomic mass is 16.4. The van der Waals surface area contributed by atoms with E-state index in [-0.39, 0.29) is 11.1 Å². The van der Waals surface area contributed by atoms with Crippen molar-refractivity contribution < 1.29 is 19.8 Å². The van der Waals surface area contributed by atoms with E-state index in [1.54, 1.807) is 6.07 Å². The summed E-state index contributed by atoms with van der Waals surface area (Å²) in [6.45, 7) is 0. The first kappa shape index (κ1) is 12.8. The van der Waals surface area contributed by atoms with Gasteiger partial charge in [-0.05, 0) is 29.7 Å². The number of carboxylic acids is 2. The van der Waals surface area contributed by atoms with Crippen LogP contribution in [0.3, 0.4) is 0 Å². The van der Waals surface area contributed by atoms with Crippen LogP contribution in [-0.2, 0) is 6.42 Å². The molecule has 0 heterocycles. The Labute approximate surface area is 109 Å². The summed E-state index contributed by atoms with van der Waals surface area (Å²) in [6.07, 6.45) is 0.461. The van der Waals surface area contributed by atoms with Crippen molar-refractivity contribution in [2.75, 3.05) is 0 Å². The van der Waals surface area contributed by atoms with Crippen LogP contribution in [0.1, 0.15) is 31.8 Å². The van der Waals surface area contributed by atoms with Gasteiger partial charge >= 0.3 is 11.9 Å². The van der Waals surface area contributed by atoms with Crippen molar-refractivity contribution >= 4 is 11.9 Å². The van der Waals surface area contributed by atoms with Gasteiger partial charge in [-0.2, -0.15) is 0 Å². The molecule has 0 atom stereocenters. The van der Waals surface area contributed by atoms with Gasteiger partial charge in [-0.15, -0.1) is 0 Å². The SMILES string of the molecule is O=C(O)c1ccc(Cc2ccccc2)c(C(=O)O)c1. The van der Waals surface area contributed by atoms with E-state index < -0.39 is 11.9 Å². The maximum Gasteiger partial charge on any atom is 0.336 e. The predicted octanol–water partition coefficient (Wildman–Crippen LogP) is 2.67. The Kier molecular flexibility index (Phi) is 3.61. The molecule has 2 aromatic carbocycles. The lowest BCUT2D eigenvalue weighted by Crippen LogP contribution is -2.06. The Morgan fingerprint density at radius 1 is 0.895 bits per heavy atom. The van der Waals surface area contributed by atoms with Crippen molar-refractivity contribution in [1.82, 2.24) is 0 Å². The van der Waals surface area contributed by atoms with Crippen LogP contribution in [0.4, 0.5) is 0 Å². The molecule has 0 spiro atoms. The molecule has 0 aromatic heterocycles. The summed E-state index contributed by atoms with van der Waals surface area (Å²) in [5.41, 5.74) is 1.59. The molecular weight excluding hydrogens is 244 g/mol. The molecule has 0 saturated carbocycles. The number of carboxylic acid groups (broad SMARTS) is 2. The Hall–Kier alpha value is -2.62. The standard InChI is InChI=1S/C15H12O4/c16-14(17)12-7-6-11(13(9-12)15(18)19)8-10-4-2-1-3-5-10/h1-7,9H,8H2,(H,16,17)(H,18,19). The van der Waals surface area contributed by atoms with Crippen LogP contribution in [0.15, 0.2) is 48.5 Å². The summed E-state index contributed by atoms with van der Waals surface area (Å²) in [7, 11) is 0. The quantitative estimate of drug-likeness (QED) is 0.881. The van der Waals surface area contributed by atoms with E-state index in [0.717, 1.165) is 5.56 Å². The maximum atomic E-state index is 11.2. The zero-order chi connectivity index (χ0) is 13.8. The predicted molar refractivity (Wildman–Crippen MR) is 69.6 cm³/mol. The molecule has 2 N–H and O–H groups in total. The van der Waals surface area contributed by atoms with Crippen LogP contribution in [0.2, 0.25) is 0 Å². The second kappa shape index (κ2) is 5.35. The van der Waals surface area contributed by atoms with Gasteiger partial charge in [-0.1, -0.05) is 36.4 Å². The summed E-state index contributed by atoms with van der Waals surface area (Å²) in [4.78, 5) is 22.0. The van der Waals surface area contributed by atoms with Gasteiger partial charge in [0.15, 0.2) is 0 Å². The fourth-order valence-corrected chi connectivity index (χ4v) is 1.88. The van der Waals surface area contributed by atoms with Gasteiger partial charge in [0.05, 0.1) is 11.1 Å². The maximum absolute atomic E-state index is 11.2. The zero-order valence-electron chi connectivity index (χ0n) is 10.0. The van der Waals surface area contributed by atoms with Crippen molar-refractivity contribution in [1.29, 1.82) is 0 Å². The number of rotatable bonds is 4. The number of carbonyl (C=O) groups is 2. The molecule has 0 fully saturated rings. The molecular formula is C15H12O4. The molecule has 0 radical (unpaired) electrons. The Morgan fingerprint density at radius 3 is 2.16 bits per heavy atom. The first-order chi connectivity index (χ1) is 9.08. The molecule has 0 aliphatic rings. The molecule has 4 heteroatoms. The van der Waals surface area contributed by atoms with Crippen LogP contribution in [0, 0.1) is 0 Å². The van der Waals surface area contributed by atoms with E-state index in [0.29, 0.717) is 12.0 Å². The molecule has 0 bridgehead atoms. The summed E-state index contributed by atoms with van der Waals surface area (Å²) in [5.74, 6) is -2.25. The van der Waals surface area contributed by atoms with E-state index in [1.807, 2.05) is 30.3 Å². The molecule has 0 amide bonds. The topological polar surface area (TPSA) is 74.6 Å². The van der Waals surface area contributed by atoms with Crippen LogP contribution in [0.5, 0.6) is 0 Å². The van der Waals surface area contributed by atoms with Gasteiger partial charge in [0.1, 0.15) is 0 Å². The lowest BCUT2D eigenvalue weighted by Gasteiger charge is -2.07.